The summed E-state index contributed by atoms with van der Waals surface area (Å²) in [6.07, 6.45) is 0.617. The van der Waals surface area contributed by atoms with Crippen LogP contribution < -0.4 is 11.1 Å². The third-order valence-corrected chi connectivity index (χ3v) is 5.01. The van der Waals surface area contributed by atoms with Crippen LogP contribution in [0.5, 0.6) is 0 Å². The van der Waals surface area contributed by atoms with Gasteiger partial charge in [0.2, 0.25) is 0 Å². The Hall–Kier alpha value is -4.13. The molecule has 1 N–H and O–H groups in total. The number of esters is 1. The van der Waals surface area contributed by atoms with Crippen molar-refractivity contribution in [3.63, 3.8) is 0 Å². The van der Waals surface area contributed by atoms with Crippen molar-refractivity contribution in [3.8, 4) is 0 Å². The summed E-state index contributed by atoms with van der Waals surface area (Å²) in [7, 11) is 0. The number of nitrogens with one attached hydrogen (secondary N) is 1. The van der Waals surface area contributed by atoms with E-state index < -0.39 is 24.2 Å². The van der Waals surface area contributed by atoms with Gasteiger partial charge in [0, 0.05) is 12.2 Å². The largest absolute Gasteiger partial charge is 0.456 e. The van der Waals surface area contributed by atoms with Crippen LogP contribution in [0.25, 0.3) is 11.1 Å². The van der Waals surface area contributed by atoms with Crippen molar-refractivity contribution < 1.29 is 18.7 Å². The van der Waals surface area contributed by atoms with Crippen LogP contribution >= 0.6 is 0 Å². The Bertz CT molecular complexity index is 1290. The predicted octanol–water partition coefficient (Wildman–Crippen LogP) is 3.76. The molecule has 1 aromatic heterocycles. The van der Waals surface area contributed by atoms with E-state index in [2.05, 4.69) is 5.32 Å². The molecule has 0 atom stereocenters. The maximum atomic E-state index is 12.3. The highest BCUT2D eigenvalue weighted by Gasteiger charge is 2.13. The number of fused-ring (bicyclic) bond motifs is 1. The van der Waals surface area contributed by atoms with Crippen LogP contribution in [0.4, 0.5) is 5.69 Å². The van der Waals surface area contributed by atoms with Crippen molar-refractivity contribution in [2.75, 3.05) is 11.9 Å². The zero-order valence-electron chi connectivity index (χ0n) is 17.3. The summed E-state index contributed by atoms with van der Waals surface area (Å²) < 4.78 is 11.6. The highest BCUT2D eigenvalue weighted by atomic mass is 16.5. The van der Waals surface area contributed by atoms with E-state index in [1.807, 2.05) is 54.6 Å². The molecule has 0 unspecified atom stereocenters. The minimum atomic E-state index is -0.574. The number of carbonyl (C=O) groups is 2. The van der Waals surface area contributed by atoms with Crippen LogP contribution in [-0.4, -0.2) is 23.1 Å². The van der Waals surface area contributed by atoms with E-state index >= 15 is 0 Å². The number of amides is 1. The molecule has 3 aromatic carbocycles. The number of aryl methyl sites for hydroxylation is 1. The van der Waals surface area contributed by atoms with Crippen molar-refractivity contribution in [2.24, 2.45) is 0 Å². The number of ether oxygens (including phenoxy) is 1. The second-order valence-corrected chi connectivity index (χ2v) is 7.27. The molecule has 0 saturated carbocycles. The second kappa shape index (κ2) is 9.78. The third-order valence-electron chi connectivity index (χ3n) is 5.01. The van der Waals surface area contributed by atoms with Gasteiger partial charge in [-0.3, -0.25) is 14.2 Å². The van der Waals surface area contributed by atoms with Gasteiger partial charge in [0.15, 0.2) is 12.2 Å². The Labute approximate surface area is 184 Å². The molecule has 1 heterocycles. The Balaban J connectivity index is 1.30. The maximum absolute atomic E-state index is 12.3. The van der Waals surface area contributed by atoms with E-state index in [1.165, 1.54) is 4.57 Å². The van der Waals surface area contributed by atoms with Gasteiger partial charge in [0.25, 0.3) is 5.91 Å². The minimum absolute atomic E-state index is 0.0543. The molecule has 0 radical (unpaired) electrons. The number of para-hydroxylation sites is 3. The minimum Gasteiger partial charge on any atom is -0.456 e. The summed E-state index contributed by atoms with van der Waals surface area (Å²) in [5.74, 6) is -1.54. The first-order chi connectivity index (χ1) is 15.6. The molecule has 0 fully saturated rings. The van der Waals surface area contributed by atoms with Gasteiger partial charge in [-0.1, -0.05) is 60.7 Å². The van der Waals surface area contributed by atoms with Gasteiger partial charge in [0.05, 0.1) is 11.9 Å². The molecule has 4 rings (SSSR count). The lowest BCUT2D eigenvalue weighted by Gasteiger charge is -2.11. The fourth-order valence-corrected chi connectivity index (χ4v) is 3.45. The average Bonchev–Trinajstić information content (AvgIpc) is 3.13. The van der Waals surface area contributed by atoms with E-state index in [0.29, 0.717) is 23.2 Å². The van der Waals surface area contributed by atoms with Gasteiger partial charge in [-0.05, 0) is 35.7 Å². The lowest BCUT2D eigenvalue weighted by molar-refractivity contribution is -0.147. The molecular weight excluding hydrogens is 408 g/mol. The van der Waals surface area contributed by atoms with Crippen LogP contribution in [0.1, 0.15) is 17.5 Å². The molecule has 7 nitrogen and oxygen atoms in total. The topological polar surface area (TPSA) is 90.5 Å². The van der Waals surface area contributed by atoms with Crippen molar-refractivity contribution >= 4 is 28.7 Å². The summed E-state index contributed by atoms with van der Waals surface area (Å²) in [5, 5.41) is 2.80. The van der Waals surface area contributed by atoms with Crippen LogP contribution in [0, 0.1) is 0 Å². The molecule has 4 aromatic rings. The molecule has 0 aliphatic heterocycles. The Morgan fingerprint density at radius 2 is 1.62 bits per heavy atom. The van der Waals surface area contributed by atoms with E-state index in [0.717, 1.165) is 11.1 Å². The highest BCUT2D eigenvalue weighted by Crippen LogP contribution is 2.19. The number of aromatic nitrogens is 1. The quantitative estimate of drug-likeness (QED) is 0.430. The summed E-state index contributed by atoms with van der Waals surface area (Å²) in [4.78, 5) is 36.4. The number of nitrogens with zero attached hydrogens (tertiary/aromatic N) is 1. The molecule has 0 spiro atoms. The molecule has 1 amide bonds. The second-order valence-electron chi connectivity index (χ2n) is 7.27. The number of hydrogen-bond acceptors (Lipinski definition) is 5. The lowest BCUT2D eigenvalue weighted by Crippen LogP contribution is -2.23. The molecule has 32 heavy (non-hydrogen) atoms. The van der Waals surface area contributed by atoms with E-state index in [1.54, 1.807) is 24.3 Å². The Morgan fingerprint density at radius 1 is 0.906 bits per heavy atom. The first-order valence-electron chi connectivity index (χ1n) is 10.3. The molecule has 0 aliphatic rings. The number of oxazole rings is 1. The van der Waals surface area contributed by atoms with Gasteiger partial charge in [0.1, 0.15) is 0 Å². The van der Waals surface area contributed by atoms with Crippen LogP contribution in [0.15, 0.2) is 88.1 Å². The highest BCUT2D eigenvalue weighted by molar-refractivity contribution is 5.93. The van der Waals surface area contributed by atoms with Crippen molar-refractivity contribution in [2.45, 2.75) is 19.4 Å². The van der Waals surface area contributed by atoms with Crippen molar-refractivity contribution in [3.05, 3.63) is 101 Å². The molecule has 0 bridgehead atoms. The Kier molecular flexibility index (Phi) is 6.46. The van der Waals surface area contributed by atoms with E-state index in [9.17, 15) is 14.4 Å². The van der Waals surface area contributed by atoms with Crippen LogP contribution in [-0.2, 0) is 27.3 Å². The van der Waals surface area contributed by atoms with Crippen LogP contribution in [0.3, 0.4) is 0 Å². The fourth-order valence-electron chi connectivity index (χ4n) is 3.45. The fraction of sp³-hybridized carbons (Fsp3) is 0.160. The average molecular weight is 430 g/mol. The van der Waals surface area contributed by atoms with Crippen LogP contribution in [0.2, 0.25) is 0 Å². The zero-order valence-corrected chi connectivity index (χ0v) is 17.3. The van der Waals surface area contributed by atoms with E-state index in [-0.39, 0.29) is 13.0 Å². The van der Waals surface area contributed by atoms with Gasteiger partial charge in [-0.2, -0.15) is 0 Å². The summed E-state index contributed by atoms with van der Waals surface area (Å²) in [6.45, 7) is -0.296. The zero-order chi connectivity index (χ0) is 22.3. The SMILES string of the molecule is O=C(COC(=O)CCn1c(=O)oc2ccccc21)Nc1ccccc1Cc1ccccc1. The Morgan fingerprint density at radius 3 is 2.47 bits per heavy atom. The summed E-state index contributed by atoms with van der Waals surface area (Å²) in [6, 6.07) is 24.4. The monoisotopic (exact) mass is 430 g/mol. The smallest absolute Gasteiger partial charge is 0.419 e. The summed E-state index contributed by atoms with van der Waals surface area (Å²) >= 11 is 0. The number of benzene rings is 3. The number of anilines is 1. The van der Waals surface area contributed by atoms with Gasteiger partial charge >= 0.3 is 11.7 Å². The number of rotatable bonds is 8. The van der Waals surface area contributed by atoms with E-state index in [4.69, 9.17) is 9.15 Å². The number of carbonyl (C=O) groups excluding carboxylic acids is 2. The summed E-state index contributed by atoms with van der Waals surface area (Å²) in [5.41, 5.74) is 3.83. The van der Waals surface area contributed by atoms with Gasteiger partial charge in [-0.25, -0.2) is 4.79 Å². The normalized spacial score (nSPS) is 10.8. The standard InChI is InChI=1S/C25H22N2O5/c28-23(26-20-11-5-4-10-19(20)16-18-8-2-1-3-9-18)17-31-24(29)14-15-27-21-12-6-7-13-22(21)32-25(27)30/h1-13H,14-17H2,(H,26,28). The molecule has 162 valence electrons. The molecule has 0 saturated heterocycles. The predicted molar refractivity (Wildman–Crippen MR) is 120 cm³/mol. The van der Waals surface area contributed by atoms with Gasteiger partial charge in [-0.15, -0.1) is 0 Å². The van der Waals surface area contributed by atoms with Gasteiger partial charge < -0.3 is 14.5 Å². The van der Waals surface area contributed by atoms with Crippen molar-refractivity contribution in [1.29, 1.82) is 0 Å². The van der Waals surface area contributed by atoms with Crippen molar-refractivity contribution in [1.82, 2.24) is 4.57 Å². The number of hydrogen-bond donors (Lipinski definition) is 1. The third kappa shape index (κ3) is 5.13. The molecule has 7 heteroatoms. The lowest BCUT2D eigenvalue weighted by atomic mass is 10.0. The maximum Gasteiger partial charge on any atom is 0.419 e. The first-order valence-corrected chi connectivity index (χ1v) is 10.3. The molecule has 0 aliphatic carbocycles. The first kappa shape index (κ1) is 21.1. The molecular formula is C25H22N2O5.